The van der Waals surface area contributed by atoms with E-state index in [2.05, 4.69) is 28.8 Å². The number of Topliss-reactive ketones (excluding diaryl/α,β-unsaturated/α-hetero) is 1. The van der Waals surface area contributed by atoms with E-state index in [1.165, 1.54) is 33.7 Å². The maximum absolute atomic E-state index is 13.0. The minimum Gasteiger partial charge on any atom is -0.493 e. The molecule has 4 aromatic rings. The summed E-state index contributed by atoms with van der Waals surface area (Å²) in [6, 6.07) is 5.19. The van der Waals surface area contributed by atoms with E-state index in [9.17, 15) is 19.5 Å². The summed E-state index contributed by atoms with van der Waals surface area (Å²) in [5, 5.41) is 12.7. The van der Waals surface area contributed by atoms with Crippen molar-refractivity contribution >= 4 is 51.3 Å². The molecule has 2 N–H and O–H groups in total. The molecule has 4 heterocycles. The zero-order valence-electron chi connectivity index (χ0n) is 20.9. The third kappa shape index (κ3) is 5.10. The lowest BCUT2D eigenvalue weighted by Crippen LogP contribution is -2.41. The zero-order valence-corrected chi connectivity index (χ0v) is 23.3. The number of carbonyl (C=O) groups is 1. The Morgan fingerprint density at radius 3 is 2.76 bits per heavy atom. The molecular weight excluding hydrogens is 546 g/mol. The van der Waals surface area contributed by atoms with Crippen LogP contribution in [0.2, 0.25) is 5.02 Å². The van der Waals surface area contributed by atoms with Gasteiger partial charge in [-0.25, -0.2) is 4.98 Å². The second-order valence-electron chi connectivity index (χ2n) is 9.65. The van der Waals surface area contributed by atoms with E-state index >= 15 is 0 Å². The smallest absolute Gasteiger partial charge is 0.291 e. The SMILES string of the molecule is CCC1(C)CCN(c2ncc(Sc3cccc(CC(=O)c4c(O)nc5sccn5c4=O)c3Cl)[nH]c2=O)CC1. The fraction of sp³-hybridized carbons (Fsp3) is 0.346. The Hall–Kier alpha value is -3.15. The van der Waals surface area contributed by atoms with Crippen molar-refractivity contribution in [2.75, 3.05) is 18.0 Å². The number of carbonyl (C=O) groups excluding carboxylic acids is 1. The molecule has 1 aromatic carbocycles. The van der Waals surface area contributed by atoms with Crippen LogP contribution < -0.4 is 16.0 Å². The third-order valence-electron chi connectivity index (χ3n) is 7.21. The van der Waals surface area contributed by atoms with Gasteiger partial charge in [-0.3, -0.25) is 18.8 Å². The van der Waals surface area contributed by atoms with E-state index in [1.54, 1.807) is 29.8 Å². The highest BCUT2D eigenvalue weighted by Gasteiger charge is 2.30. The first-order valence-electron chi connectivity index (χ1n) is 12.2. The van der Waals surface area contributed by atoms with E-state index in [0.717, 1.165) is 32.4 Å². The summed E-state index contributed by atoms with van der Waals surface area (Å²) in [4.78, 5) is 52.8. The Kier molecular flexibility index (Phi) is 7.34. The van der Waals surface area contributed by atoms with Crippen LogP contribution in [-0.2, 0) is 6.42 Å². The van der Waals surface area contributed by atoms with Gasteiger partial charge in [0.2, 0.25) is 5.88 Å². The summed E-state index contributed by atoms with van der Waals surface area (Å²) in [6.07, 6.45) is 6.07. The second-order valence-corrected chi connectivity index (χ2v) is 12.0. The first-order chi connectivity index (χ1) is 18.2. The Morgan fingerprint density at radius 2 is 2.05 bits per heavy atom. The summed E-state index contributed by atoms with van der Waals surface area (Å²) < 4.78 is 1.23. The van der Waals surface area contributed by atoms with Gasteiger partial charge < -0.3 is 15.0 Å². The molecule has 5 rings (SSSR count). The van der Waals surface area contributed by atoms with Crippen molar-refractivity contribution in [1.29, 1.82) is 0 Å². The molecule has 0 amide bonds. The molecule has 0 saturated carbocycles. The molecule has 1 aliphatic heterocycles. The van der Waals surface area contributed by atoms with Gasteiger partial charge >= 0.3 is 0 Å². The van der Waals surface area contributed by atoms with Crippen molar-refractivity contribution in [3.05, 3.63) is 72.8 Å². The molecule has 9 nitrogen and oxygen atoms in total. The van der Waals surface area contributed by atoms with E-state index in [1.807, 2.05) is 4.90 Å². The van der Waals surface area contributed by atoms with Gasteiger partial charge in [-0.1, -0.05) is 55.8 Å². The van der Waals surface area contributed by atoms with Crippen molar-refractivity contribution in [3.8, 4) is 5.88 Å². The number of rotatable bonds is 7. The molecule has 1 saturated heterocycles. The first kappa shape index (κ1) is 26.5. The van der Waals surface area contributed by atoms with Gasteiger partial charge in [-0.2, -0.15) is 4.98 Å². The minimum atomic E-state index is -0.628. The van der Waals surface area contributed by atoms with Crippen LogP contribution >= 0.6 is 34.7 Å². The molecule has 1 aliphatic rings. The molecule has 12 heteroatoms. The average Bonchev–Trinajstić information content (AvgIpc) is 3.36. The number of benzene rings is 1. The fourth-order valence-corrected chi connectivity index (χ4v) is 6.40. The molecule has 0 atom stereocenters. The largest absolute Gasteiger partial charge is 0.493 e. The third-order valence-corrected chi connectivity index (χ3v) is 9.51. The van der Waals surface area contributed by atoms with Crippen LogP contribution in [0.25, 0.3) is 4.96 Å². The van der Waals surface area contributed by atoms with Gasteiger partial charge in [0.25, 0.3) is 11.1 Å². The van der Waals surface area contributed by atoms with Crippen molar-refractivity contribution < 1.29 is 9.90 Å². The number of halogens is 1. The van der Waals surface area contributed by atoms with Crippen LogP contribution in [0.3, 0.4) is 0 Å². The van der Waals surface area contributed by atoms with Gasteiger partial charge in [0.1, 0.15) is 5.56 Å². The average molecular weight is 572 g/mol. The number of anilines is 1. The predicted molar refractivity (Wildman–Crippen MR) is 149 cm³/mol. The molecule has 0 aliphatic carbocycles. The number of fused-ring (bicyclic) bond motifs is 1. The van der Waals surface area contributed by atoms with Crippen molar-refractivity contribution in [2.45, 2.75) is 49.5 Å². The highest BCUT2D eigenvalue weighted by atomic mass is 35.5. The number of aromatic nitrogens is 4. The summed E-state index contributed by atoms with van der Waals surface area (Å²) in [7, 11) is 0. The number of piperidine rings is 1. The maximum Gasteiger partial charge on any atom is 0.291 e. The quantitative estimate of drug-likeness (QED) is 0.304. The number of thiazole rings is 1. The van der Waals surface area contributed by atoms with Crippen LogP contribution in [-0.4, -0.2) is 43.3 Å². The number of hydrogen-bond donors (Lipinski definition) is 2. The fourth-order valence-electron chi connectivity index (χ4n) is 4.53. The van der Waals surface area contributed by atoms with E-state index in [4.69, 9.17) is 11.6 Å². The topological polar surface area (TPSA) is 121 Å². The lowest BCUT2D eigenvalue weighted by Gasteiger charge is -2.39. The summed E-state index contributed by atoms with van der Waals surface area (Å²) in [6.45, 7) is 6.08. The number of H-pyrrole nitrogens is 1. The van der Waals surface area contributed by atoms with E-state index in [-0.39, 0.29) is 17.5 Å². The number of aromatic hydroxyl groups is 1. The molecule has 0 bridgehead atoms. The van der Waals surface area contributed by atoms with Gasteiger partial charge in [-0.15, -0.1) is 11.3 Å². The minimum absolute atomic E-state index is 0.201. The second kappa shape index (κ2) is 10.5. The first-order valence-corrected chi connectivity index (χ1v) is 14.3. The molecule has 198 valence electrons. The predicted octanol–water partition coefficient (Wildman–Crippen LogP) is 4.79. The maximum atomic E-state index is 13.0. The summed E-state index contributed by atoms with van der Waals surface area (Å²) in [5.74, 6) is -0.772. The molecule has 0 unspecified atom stereocenters. The van der Waals surface area contributed by atoms with Gasteiger partial charge in [-0.05, 0) is 29.9 Å². The van der Waals surface area contributed by atoms with Crippen molar-refractivity contribution in [2.24, 2.45) is 5.41 Å². The Balaban J connectivity index is 1.33. The molecular formula is C26H26ClN5O4S2. The monoisotopic (exact) mass is 571 g/mol. The highest BCUT2D eigenvalue weighted by molar-refractivity contribution is 7.99. The van der Waals surface area contributed by atoms with Crippen molar-refractivity contribution in [3.63, 3.8) is 0 Å². The summed E-state index contributed by atoms with van der Waals surface area (Å²) in [5.41, 5.74) is -0.476. The Labute approximate surface area is 231 Å². The van der Waals surface area contributed by atoms with Gasteiger partial charge in [0, 0.05) is 36.0 Å². The molecule has 3 aromatic heterocycles. The standard InChI is InChI=1S/C26H26ClN5O4S2/c1-3-26(2)7-9-31(10-8-26)21-23(35)29-18(14-28-21)38-17-6-4-5-15(20(17)27)13-16(33)19-22(34)30-25-32(24(19)36)11-12-37-25/h4-6,11-12,14,34H,3,7-10,13H2,1-2H3,(H,29,35). The zero-order chi connectivity index (χ0) is 27.0. The van der Waals surface area contributed by atoms with Crippen LogP contribution in [0.1, 0.15) is 49.0 Å². The van der Waals surface area contributed by atoms with E-state index in [0.29, 0.717) is 36.7 Å². The Morgan fingerprint density at radius 1 is 1.29 bits per heavy atom. The normalized spacial score (nSPS) is 15.2. The van der Waals surface area contributed by atoms with Crippen molar-refractivity contribution in [1.82, 2.24) is 19.4 Å². The number of aromatic amines is 1. The molecule has 38 heavy (non-hydrogen) atoms. The van der Waals surface area contributed by atoms with Crippen LogP contribution in [0.5, 0.6) is 5.88 Å². The summed E-state index contributed by atoms with van der Waals surface area (Å²) >= 11 is 9.03. The number of nitrogens with zero attached hydrogens (tertiary/aromatic N) is 4. The van der Waals surface area contributed by atoms with Gasteiger partial charge in [0.05, 0.1) is 16.2 Å². The van der Waals surface area contributed by atoms with Crippen LogP contribution in [0, 0.1) is 5.41 Å². The highest BCUT2D eigenvalue weighted by Crippen LogP contribution is 2.36. The molecule has 0 radical (unpaired) electrons. The lowest BCUT2D eigenvalue weighted by molar-refractivity contribution is 0.0988. The number of hydrogen-bond acceptors (Lipinski definition) is 9. The Bertz CT molecular complexity index is 1640. The molecule has 1 fully saturated rings. The van der Waals surface area contributed by atoms with Crippen LogP contribution in [0.4, 0.5) is 5.82 Å². The molecule has 0 spiro atoms. The number of nitrogens with one attached hydrogen (secondary N) is 1. The lowest BCUT2D eigenvalue weighted by atomic mass is 9.78. The van der Waals surface area contributed by atoms with Crippen LogP contribution in [0.15, 0.2) is 55.5 Å². The number of ketones is 1. The van der Waals surface area contributed by atoms with E-state index < -0.39 is 17.2 Å². The van der Waals surface area contributed by atoms with Gasteiger partial charge in [0.15, 0.2) is 16.6 Å².